The van der Waals surface area contributed by atoms with Gasteiger partial charge in [0.25, 0.3) is 0 Å². The van der Waals surface area contributed by atoms with E-state index in [0.717, 1.165) is 0 Å². The second kappa shape index (κ2) is 3.24. The summed E-state index contributed by atoms with van der Waals surface area (Å²) >= 11 is 8.94. The maximum absolute atomic E-state index is 13.1. The zero-order valence-corrected chi connectivity index (χ0v) is 8.73. The molecule has 2 aromatic rings. The monoisotopic (exact) mass is 259 g/mol. The molecule has 1 aromatic carbocycles. The van der Waals surface area contributed by atoms with Gasteiger partial charge in [-0.1, -0.05) is 11.6 Å². The van der Waals surface area contributed by atoms with Crippen LogP contribution >= 0.6 is 27.5 Å². The van der Waals surface area contributed by atoms with E-state index in [0.29, 0.717) is 20.4 Å². The molecule has 0 saturated heterocycles. The number of aromatic nitrogens is 1. The predicted octanol–water partition coefficient (Wildman–Crippen LogP) is 3.79. The van der Waals surface area contributed by atoms with Crippen LogP contribution in [0.2, 0.25) is 5.02 Å². The van der Waals surface area contributed by atoms with E-state index in [-0.39, 0.29) is 5.82 Å². The quantitative estimate of drug-likeness (QED) is 0.702. The third-order valence-corrected chi connectivity index (χ3v) is 2.67. The van der Waals surface area contributed by atoms with E-state index in [1.54, 1.807) is 18.3 Å². The Labute approximate surface area is 87.7 Å². The number of fused-ring (bicyclic) bond motifs is 1. The van der Waals surface area contributed by atoms with Crippen molar-refractivity contribution in [3.05, 3.63) is 39.7 Å². The van der Waals surface area contributed by atoms with E-state index in [4.69, 9.17) is 11.6 Å². The molecule has 0 spiro atoms. The van der Waals surface area contributed by atoms with Crippen LogP contribution in [0.15, 0.2) is 28.9 Å². The summed E-state index contributed by atoms with van der Waals surface area (Å²) < 4.78 is 13.5. The number of hydrogen-bond acceptors (Lipinski definition) is 1. The van der Waals surface area contributed by atoms with Crippen LogP contribution in [0.1, 0.15) is 0 Å². The Morgan fingerprint density at radius 3 is 2.92 bits per heavy atom. The highest BCUT2D eigenvalue weighted by Crippen LogP contribution is 2.26. The van der Waals surface area contributed by atoms with E-state index in [9.17, 15) is 4.39 Å². The first-order valence-corrected chi connectivity index (χ1v) is 4.75. The topological polar surface area (TPSA) is 12.9 Å². The maximum Gasteiger partial charge on any atom is 0.138 e. The summed E-state index contributed by atoms with van der Waals surface area (Å²) in [6.07, 6.45) is 1.59. The summed E-state index contributed by atoms with van der Waals surface area (Å²) in [4.78, 5) is 4.06. The van der Waals surface area contributed by atoms with Crippen molar-refractivity contribution in [1.82, 2.24) is 4.98 Å². The summed E-state index contributed by atoms with van der Waals surface area (Å²) in [5, 5.41) is 1.14. The van der Waals surface area contributed by atoms with Gasteiger partial charge in [-0.3, -0.25) is 4.98 Å². The molecule has 0 saturated carbocycles. The molecular weight excluding hydrogens is 256 g/mol. The van der Waals surface area contributed by atoms with Gasteiger partial charge in [-0.2, -0.15) is 0 Å². The lowest BCUT2D eigenvalue weighted by molar-refractivity contribution is 0.623. The van der Waals surface area contributed by atoms with Crippen LogP contribution in [0.5, 0.6) is 0 Å². The van der Waals surface area contributed by atoms with Crippen molar-refractivity contribution in [3.63, 3.8) is 0 Å². The fourth-order valence-electron chi connectivity index (χ4n) is 1.11. The first-order chi connectivity index (χ1) is 6.18. The molecule has 66 valence electrons. The van der Waals surface area contributed by atoms with Crippen LogP contribution in [0.25, 0.3) is 10.9 Å². The lowest BCUT2D eigenvalue weighted by Gasteiger charge is -2.00. The van der Waals surface area contributed by atoms with Crippen LogP contribution in [0.3, 0.4) is 0 Å². The van der Waals surface area contributed by atoms with E-state index in [1.165, 1.54) is 6.07 Å². The van der Waals surface area contributed by atoms with Gasteiger partial charge in [0.05, 0.1) is 15.0 Å². The minimum absolute atomic E-state index is 0.331. The zero-order chi connectivity index (χ0) is 9.42. The molecule has 0 N–H and O–H groups in total. The summed E-state index contributed by atoms with van der Waals surface area (Å²) in [7, 11) is 0. The molecule has 1 aromatic heterocycles. The largest absolute Gasteiger partial charge is 0.256 e. The third kappa shape index (κ3) is 1.54. The fraction of sp³-hybridized carbons (Fsp3) is 0. The molecule has 0 bridgehead atoms. The van der Waals surface area contributed by atoms with Crippen molar-refractivity contribution >= 4 is 38.4 Å². The van der Waals surface area contributed by atoms with E-state index >= 15 is 0 Å². The minimum Gasteiger partial charge on any atom is -0.256 e. The Bertz CT molecular complexity index is 472. The number of nitrogens with zero attached hydrogens (tertiary/aromatic N) is 1. The Morgan fingerprint density at radius 1 is 1.38 bits per heavy atom. The van der Waals surface area contributed by atoms with Crippen molar-refractivity contribution in [2.45, 2.75) is 0 Å². The van der Waals surface area contributed by atoms with Crippen LogP contribution < -0.4 is 0 Å². The first-order valence-electron chi connectivity index (χ1n) is 3.58. The number of pyridine rings is 1. The molecule has 2 rings (SSSR count). The molecule has 0 fully saturated rings. The van der Waals surface area contributed by atoms with Crippen molar-refractivity contribution in [2.24, 2.45) is 0 Å². The van der Waals surface area contributed by atoms with Crippen LogP contribution in [0.4, 0.5) is 4.39 Å². The average Bonchev–Trinajstić information content (AvgIpc) is 2.09. The standard InChI is InChI=1S/C9H4BrClFN/c10-6-4-9-5(3-8(6)12)7(11)1-2-13-9/h1-4H. The predicted molar refractivity (Wildman–Crippen MR) is 54.4 cm³/mol. The van der Waals surface area contributed by atoms with Gasteiger partial charge < -0.3 is 0 Å². The molecule has 0 amide bonds. The van der Waals surface area contributed by atoms with E-state index in [2.05, 4.69) is 20.9 Å². The summed E-state index contributed by atoms with van der Waals surface area (Å²) in [5.74, 6) is -0.331. The Kier molecular flexibility index (Phi) is 2.22. The third-order valence-electron chi connectivity index (χ3n) is 1.73. The second-order valence-corrected chi connectivity index (χ2v) is 3.84. The molecule has 13 heavy (non-hydrogen) atoms. The van der Waals surface area contributed by atoms with Crippen LogP contribution in [-0.2, 0) is 0 Å². The lowest BCUT2D eigenvalue weighted by atomic mass is 10.2. The average molecular weight is 260 g/mol. The van der Waals surface area contributed by atoms with Gasteiger partial charge in [-0.05, 0) is 34.1 Å². The molecule has 4 heteroatoms. The second-order valence-electron chi connectivity index (χ2n) is 2.58. The highest BCUT2D eigenvalue weighted by atomic mass is 79.9. The summed E-state index contributed by atoms with van der Waals surface area (Å²) in [6, 6.07) is 4.61. The van der Waals surface area contributed by atoms with Gasteiger partial charge in [-0.15, -0.1) is 0 Å². The first kappa shape index (κ1) is 8.91. The molecule has 1 heterocycles. The molecule has 0 atom stereocenters. The summed E-state index contributed by atoms with van der Waals surface area (Å²) in [5.41, 5.74) is 0.681. The molecule has 0 unspecified atom stereocenters. The van der Waals surface area contributed by atoms with Gasteiger partial charge in [0, 0.05) is 11.6 Å². The van der Waals surface area contributed by atoms with E-state index in [1.807, 2.05) is 0 Å². The van der Waals surface area contributed by atoms with Crippen molar-refractivity contribution in [1.29, 1.82) is 0 Å². The van der Waals surface area contributed by atoms with Gasteiger partial charge in [-0.25, -0.2) is 4.39 Å². The molecular formula is C9H4BrClFN. The Balaban J connectivity index is 2.89. The molecule has 0 aliphatic carbocycles. The normalized spacial score (nSPS) is 10.7. The SMILES string of the molecule is Fc1cc2c(Cl)ccnc2cc1Br. The molecule has 1 nitrogen and oxygen atoms in total. The fourth-order valence-corrected chi connectivity index (χ4v) is 1.65. The highest BCUT2D eigenvalue weighted by molar-refractivity contribution is 9.10. The van der Waals surface area contributed by atoms with Crippen molar-refractivity contribution in [2.75, 3.05) is 0 Å². The summed E-state index contributed by atoms with van der Waals surface area (Å²) in [6.45, 7) is 0. The number of benzene rings is 1. The number of halogens is 3. The van der Waals surface area contributed by atoms with Gasteiger partial charge in [0.1, 0.15) is 5.82 Å². The smallest absolute Gasteiger partial charge is 0.138 e. The van der Waals surface area contributed by atoms with Gasteiger partial charge >= 0.3 is 0 Å². The van der Waals surface area contributed by atoms with Crippen LogP contribution in [0, 0.1) is 5.82 Å². The lowest BCUT2D eigenvalue weighted by Crippen LogP contribution is -1.83. The zero-order valence-electron chi connectivity index (χ0n) is 6.39. The number of hydrogen-bond donors (Lipinski definition) is 0. The van der Waals surface area contributed by atoms with Crippen LogP contribution in [-0.4, -0.2) is 4.98 Å². The highest BCUT2D eigenvalue weighted by Gasteiger charge is 2.04. The van der Waals surface area contributed by atoms with E-state index < -0.39 is 0 Å². The molecule has 0 aliphatic rings. The minimum atomic E-state index is -0.331. The Hall–Kier alpha value is -0.670. The van der Waals surface area contributed by atoms with Gasteiger partial charge in [0.2, 0.25) is 0 Å². The van der Waals surface area contributed by atoms with Crippen molar-refractivity contribution in [3.8, 4) is 0 Å². The Morgan fingerprint density at radius 2 is 2.15 bits per heavy atom. The maximum atomic E-state index is 13.1. The number of rotatable bonds is 0. The van der Waals surface area contributed by atoms with Crippen molar-refractivity contribution < 1.29 is 4.39 Å². The molecule has 0 radical (unpaired) electrons. The van der Waals surface area contributed by atoms with Gasteiger partial charge in [0.15, 0.2) is 0 Å². The molecule has 0 aliphatic heterocycles.